The van der Waals surface area contributed by atoms with Gasteiger partial charge in [0.2, 0.25) is 5.91 Å². The van der Waals surface area contributed by atoms with Crippen LogP contribution in [0.15, 0.2) is 23.2 Å². The summed E-state index contributed by atoms with van der Waals surface area (Å²) in [7, 11) is 4.79. The second-order valence-corrected chi connectivity index (χ2v) is 7.63. The van der Waals surface area contributed by atoms with E-state index in [4.69, 9.17) is 0 Å². The Labute approximate surface area is 161 Å². The summed E-state index contributed by atoms with van der Waals surface area (Å²) in [6.07, 6.45) is 0. The number of likely N-dealkylation sites (N-methyl/N-ethyl adjacent to an activating group) is 2. The summed E-state index contributed by atoms with van der Waals surface area (Å²) in [5.74, 6) is 0.141. The Hall–Kier alpha value is -2.68. The number of anilines is 1. The van der Waals surface area contributed by atoms with Gasteiger partial charge in [0, 0.05) is 12.7 Å². The monoisotopic (exact) mass is 388 g/mol. The zero-order chi connectivity index (χ0) is 19.9. The average Bonchev–Trinajstić information content (AvgIpc) is 2.92. The van der Waals surface area contributed by atoms with Crippen molar-refractivity contribution in [2.75, 3.05) is 32.2 Å². The van der Waals surface area contributed by atoms with Crippen molar-refractivity contribution in [3.8, 4) is 0 Å². The number of nitrogens with zero attached hydrogens (tertiary/aromatic N) is 4. The summed E-state index contributed by atoms with van der Waals surface area (Å²) in [5.41, 5.74) is 2.91. The molecule has 0 radical (unpaired) electrons. The van der Waals surface area contributed by atoms with Crippen LogP contribution in [0.3, 0.4) is 0 Å². The number of carbonyl (C=O) groups excluding carboxylic acids is 3. The molecule has 3 rings (SSSR count). The van der Waals surface area contributed by atoms with Crippen molar-refractivity contribution in [2.24, 2.45) is 4.99 Å². The van der Waals surface area contributed by atoms with E-state index in [1.807, 2.05) is 32.0 Å². The van der Waals surface area contributed by atoms with E-state index in [0.29, 0.717) is 11.0 Å². The fourth-order valence-corrected chi connectivity index (χ4v) is 4.02. The maximum Gasteiger partial charge on any atom is 0.388 e. The summed E-state index contributed by atoms with van der Waals surface area (Å²) in [5, 5.41) is 3.41. The fourth-order valence-electron chi connectivity index (χ4n) is 3.22. The van der Waals surface area contributed by atoms with Crippen LogP contribution in [0, 0.1) is 13.8 Å². The van der Waals surface area contributed by atoms with Gasteiger partial charge in [-0.3, -0.25) is 14.5 Å². The minimum Gasteiger partial charge on any atom is -0.325 e. The van der Waals surface area contributed by atoms with E-state index in [2.05, 4.69) is 10.3 Å². The second-order valence-electron chi connectivity index (χ2n) is 6.68. The lowest BCUT2D eigenvalue weighted by Crippen LogP contribution is -2.59. The van der Waals surface area contributed by atoms with Gasteiger partial charge < -0.3 is 5.32 Å². The predicted molar refractivity (Wildman–Crippen MR) is 105 cm³/mol. The van der Waals surface area contributed by atoms with Gasteiger partial charge in [-0.25, -0.2) is 14.3 Å². The quantitative estimate of drug-likeness (QED) is 0.791. The number of hydrogen-bond acceptors (Lipinski definition) is 5. The van der Waals surface area contributed by atoms with Crippen LogP contribution in [0.4, 0.5) is 10.5 Å². The van der Waals surface area contributed by atoms with E-state index in [1.54, 1.807) is 18.7 Å². The topological polar surface area (TPSA) is 85.1 Å². The average molecular weight is 388 g/mol. The third-order valence-electron chi connectivity index (χ3n) is 4.43. The molecule has 1 saturated heterocycles. The largest absolute Gasteiger partial charge is 0.388 e. The Morgan fingerprint density at radius 2 is 1.81 bits per heavy atom. The number of imide groups is 1. The molecule has 1 atom stereocenters. The Balaban J connectivity index is 1.69. The van der Waals surface area contributed by atoms with Crippen molar-refractivity contribution in [2.45, 2.75) is 19.9 Å². The van der Waals surface area contributed by atoms with Crippen LogP contribution >= 0.6 is 11.8 Å². The lowest BCUT2D eigenvalue weighted by atomic mass is 10.1. The highest BCUT2D eigenvalue weighted by molar-refractivity contribution is 8.14. The van der Waals surface area contributed by atoms with Crippen molar-refractivity contribution in [3.63, 3.8) is 0 Å². The number of amidine groups is 2. The number of aliphatic imine (C=N–C) groups is 1. The molecule has 0 spiro atoms. The van der Waals surface area contributed by atoms with Gasteiger partial charge in [0.1, 0.15) is 0 Å². The van der Waals surface area contributed by atoms with E-state index in [-0.39, 0.29) is 17.6 Å². The highest BCUT2D eigenvalue weighted by Crippen LogP contribution is 2.22. The molecule has 4 amide bonds. The third kappa shape index (κ3) is 3.59. The highest BCUT2D eigenvalue weighted by atomic mass is 32.2. The molecule has 0 bridgehead atoms. The van der Waals surface area contributed by atoms with E-state index in [9.17, 15) is 14.4 Å². The summed E-state index contributed by atoms with van der Waals surface area (Å²) in [6, 6.07) is 4.72. The summed E-state index contributed by atoms with van der Waals surface area (Å²) in [4.78, 5) is 43.6. The summed E-state index contributed by atoms with van der Waals surface area (Å²) in [6.45, 7) is 3.95. The lowest BCUT2D eigenvalue weighted by Gasteiger charge is -2.27. The van der Waals surface area contributed by atoms with E-state index >= 15 is 0 Å². The van der Waals surface area contributed by atoms with Gasteiger partial charge in [-0.15, -0.1) is 4.99 Å². The van der Waals surface area contributed by atoms with Gasteiger partial charge in [-0.1, -0.05) is 6.07 Å². The molecule has 0 saturated carbocycles. The number of nitrogens with one attached hydrogen (secondary N) is 1. The first-order valence-electron chi connectivity index (χ1n) is 8.43. The minimum absolute atomic E-state index is 0.151. The van der Waals surface area contributed by atoms with Crippen LogP contribution in [0.2, 0.25) is 0 Å². The smallest absolute Gasteiger partial charge is 0.325 e. The second kappa shape index (κ2) is 7.15. The molecular weight excluding hydrogens is 366 g/mol. The number of thioether (sulfide) groups is 1. The van der Waals surface area contributed by atoms with Gasteiger partial charge in [-0.2, -0.15) is 0 Å². The number of carbonyl (C=O) groups is 3. The maximum absolute atomic E-state index is 12.3. The van der Waals surface area contributed by atoms with Crippen LogP contribution in [0.25, 0.3) is 0 Å². The summed E-state index contributed by atoms with van der Waals surface area (Å²) >= 11 is 1.23. The fraction of sp³-hybridized carbons (Fsp3) is 0.389. The van der Waals surface area contributed by atoms with Crippen LogP contribution in [-0.4, -0.2) is 76.2 Å². The number of rotatable bonds is 3. The van der Waals surface area contributed by atoms with Crippen molar-refractivity contribution in [3.05, 3.63) is 29.3 Å². The van der Waals surface area contributed by atoms with Crippen molar-refractivity contribution < 1.29 is 19.0 Å². The molecule has 142 valence electrons. The minimum atomic E-state index is -0.743. The van der Waals surface area contributed by atoms with E-state index in [0.717, 1.165) is 21.7 Å². The van der Waals surface area contributed by atoms with Crippen LogP contribution in [-0.2, 0) is 9.59 Å². The van der Waals surface area contributed by atoms with Crippen LogP contribution in [0.5, 0.6) is 0 Å². The molecule has 0 aromatic heterocycles. The maximum atomic E-state index is 12.3. The molecule has 2 aliphatic rings. The van der Waals surface area contributed by atoms with Gasteiger partial charge in [0.15, 0.2) is 0 Å². The molecule has 1 unspecified atom stereocenters. The molecule has 9 heteroatoms. The molecule has 27 heavy (non-hydrogen) atoms. The predicted octanol–water partition coefficient (Wildman–Crippen LogP) is 1.28. The molecule has 2 aliphatic heterocycles. The third-order valence-corrected chi connectivity index (χ3v) is 5.48. The molecule has 1 aromatic carbocycles. The van der Waals surface area contributed by atoms with Gasteiger partial charge in [0.05, 0.1) is 19.8 Å². The highest BCUT2D eigenvalue weighted by Gasteiger charge is 2.51. The van der Waals surface area contributed by atoms with Crippen LogP contribution in [0.1, 0.15) is 11.1 Å². The SMILES string of the molecule is Cc1cc(C)cc(NC(=O)CSC2=NC3C(=O)N(C)C(=O)N(C)C3=[N+]2C)c1. The number of amides is 4. The number of hydrogen-bond donors (Lipinski definition) is 1. The number of fused-ring (bicyclic) bond motifs is 1. The molecule has 1 N–H and O–H groups in total. The first-order valence-corrected chi connectivity index (χ1v) is 9.42. The molecule has 1 aromatic rings. The molecule has 0 aliphatic carbocycles. The van der Waals surface area contributed by atoms with Crippen molar-refractivity contribution >= 4 is 46.3 Å². The van der Waals surface area contributed by atoms with Crippen molar-refractivity contribution in [1.29, 1.82) is 0 Å². The van der Waals surface area contributed by atoms with Gasteiger partial charge in [-0.05, 0) is 48.9 Å². The Bertz CT molecular complexity index is 888. The standard InChI is InChI=1S/C18H21N5O3S/c1-10-6-11(2)8-12(7-10)19-13(24)9-27-17-20-14-15(21(17)3)22(4)18(26)23(5)16(14)25/h6-8,14H,9H2,1-5H3/p+1. The lowest BCUT2D eigenvalue weighted by molar-refractivity contribution is -0.367. The zero-order valence-corrected chi connectivity index (χ0v) is 16.8. The van der Waals surface area contributed by atoms with E-state index < -0.39 is 12.1 Å². The Kier molecular flexibility index (Phi) is 5.05. The van der Waals surface area contributed by atoms with Crippen LogP contribution < -0.4 is 5.32 Å². The zero-order valence-electron chi connectivity index (χ0n) is 15.9. The van der Waals surface area contributed by atoms with E-state index in [1.165, 1.54) is 23.7 Å². The number of aryl methyl sites for hydroxylation is 2. The number of urea groups is 1. The normalized spacial score (nSPS) is 19.4. The van der Waals surface area contributed by atoms with Gasteiger partial charge in [0.25, 0.3) is 23.0 Å². The Morgan fingerprint density at radius 1 is 1.19 bits per heavy atom. The molecule has 1 fully saturated rings. The summed E-state index contributed by atoms with van der Waals surface area (Å²) < 4.78 is 1.70. The Morgan fingerprint density at radius 3 is 2.44 bits per heavy atom. The van der Waals surface area contributed by atoms with Gasteiger partial charge >= 0.3 is 6.03 Å². The first-order chi connectivity index (χ1) is 12.7. The van der Waals surface area contributed by atoms with Crippen molar-refractivity contribution in [1.82, 2.24) is 9.80 Å². The first kappa shape index (κ1) is 19.1. The molecule has 8 nitrogen and oxygen atoms in total. The molecule has 2 heterocycles. The number of benzene rings is 1. The molecular formula is C18H22N5O3S+.